The van der Waals surface area contributed by atoms with Crippen LogP contribution in [-0.4, -0.2) is 30.3 Å². The zero-order valence-electron chi connectivity index (χ0n) is 11.9. The van der Waals surface area contributed by atoms with E-state index in [1.54, 1.807) is 30.3 Å². The summed E-state index contributed by atoms with van der Waals surface area (Å²) < 4.78 is 6.46. The molecule has 0 aliphatic carbocycles. The van der Waals surface area contributed by atoms with E-state index < -0.39 is 6.10 Å². The summed E-state index contributed by atoms with van der Waals surface area (Å²) in [5, 5.41) is 13.2. The van der Waals surface area contributed by atoms with Crippen molar-refractivity contribution < 1.29 is 14.6 Å². The highest BCUT2D eigenvalue weighted by Crippen LogP contribution is 2.31. The van der Waals surface area contributed by atoms with Gasteiger partial charge in [-0.15, -0.1) is 0 Å². The Balaban J connectivity index is 1.81. The van der Waals surface area contributed by atoms with Crippen LogP contribution in [0, 0.1) is 3.57 Å². The molecule has 7 heteroatoms. The molecule has 1 amide bonds. The van der Waals surface area contributed by atoms with Crippen LogP contribution in [0.2, 0.25) is 10.0 Å². The maximum absolute atomic E-state index is 11.9. The Hall–Kier alpha value is -1.02. The summed E-state index contributed by atoms with van der Waals surface area (Å²) in [4.78, 5) is 11.9. The van der Waals surface area contributed by atoms with Gasteiger partial charge in [0, 0.05) is 15.7 Å². The number of hydrogen-bond acceptors (Lipinski definition) is 3. The maximum atomic E-state index is 11.9. The molecule has 1 unspecified atom stereocenters. The van der Waals surface area contributed by atoms with Gasteiger partial charge in [0.1, 0.15) is 23.5 Å². The smallest absolute Gasteiger partial charge is 0.251 e. The first-order valence-electron chi connectivity index (χ1n) is 6.76. The van der Waals surface area contributed by atoms with Gasteiger partial charge in [-0.1, -0.05) is 29.3 Å². The number of halogens is 3. The number of carbonyl (C=O) groups excluding carboxylic acids is 1. The molecule has 0 aliphatic heterocycles. The number of amides is 1. The quantitative estimate of drug-likeness (QED) is 0.638. The lowest BCUT2D eigenvalue weighted by Gasteiger charge is -2.14. The van der Waals surface area contributed by atoms with E-state index in [2.05, 4.69) is 27.9 Å². The molecule has 2 aromatic rings. The van der Waals surface area contributed by atoms with Crippen LogP contribution in [0.5, 0.6) is 5.75 Å². The predicted molar refractivity (Wildman–Crippen MR) is 99.5 cm³/mol. The molecule has 0 radical (unpaired) electrons. The zero-order chi connectivity index (χ0) is 16.8. The highest BCUT2D eigenvalue weighted by molar-refractivity contribution is 14.1. The molecule has 4 nitrogen and oxygen atoms in total. The fourth-order valence-corrected chi connectivity index (χ4v) is 2.46. The molecule has 0 heterocycles. The molecule has 0 fully saturated rings. The van der Waals surface area contributed by atoms with E-state index in [1.807, 2.05) is 12.1 Å². The van der Waals surface area contributed by atoms with Crippen LogP contribution in [0.15, 0.2) is 42.5 Å². The molecular weight excluding hydrogens is 452 g/mol. The maximum Gasteiger partial charge on any atom is 0.251 e. The molecule has 0 spiro atoms. The van der Waals surface area contributed by atoms with E-state index in [0.29, 0.717) is 21.4 Å². The third-order valence-corrected chi connectivity index (χ3v) is 4.47. The van der Waals surface area contributed by atoms with Gasteiger partial charge in [-0.25, -0.2) is 0 Å². The van der Waals surface area contributed by atoms with Crippen LogP contribution in [0.3, 0.4) is 0 Å². The van der Waals surface area contributed by atoms with Crippen LogP contribution >= 0.6 is 45.8 Å². The average molecular weight is 466 g/mol. The number of nitrogens with one attached hydrogen (secondary N) is 1. The van der Waals surface area contributed by atoms with Gasteiger partial charge in [-0.05, 0) is 59.0 Å². The molecule has 2 N–H and O–H groups in total. The summed E-state index contributed by atoms with van der Waals surface area (Å²) in [6.45, 7) is 0.0655. The monoisotopic (exact) mass is 465 g/mol. The second kappa shape index (κ2) is 8.73. The van der Waals surface area contributed by atoms with Crippen molar-refractivity contribution in [3.05, 3.63) is 61.6 Å². The number of hydrogen-bond donors (Lipinski definition) is 2. The van der Waals surface area contributed by atoms with E-state index in [4.69, 9.17) is 27.9 Å². The van der Waals surface area contributed by atoms with Crippen LogP contribution in [-0.2, 0) is 0 Å². The van der Waals surface area contributed by atoms with Gasteiger partial charge in [-0.2, -0.15) is 0 Å². The number of aliphatic hydroxyl groups is 1. The Bertz CT molecular complexity index is 680. The molecule has 0 saturated carbocycles. The van der Waals surface area contributed by atoms with E-state index in [1.165, 1.54) is 0 Å². The molecule has 1 atom stereocenters. The van der Waals surface area contributed by atoms with E-state index >= 15 is 0 Å². The van der Waals surface area contributed by atoms with Crippen LogP contribution < -0.4 is 10.1 Å². The fraction of sp³-hybridized carbons (Fsp3) is 0.188. The minimum atomic E-state index is -0.863. The van der Waals surface area contributed by atoms with Crippen LogP contribution in [0.4, 0.5) is 0 Å². The largest absolute Gasteiger partial charge is 0.489 e. The van der Waals surface area contributed by atoms with Crippen molar-refractivity contribution in [1.29, 1.82) is 0 Å². The van der Waals surface area contributed by atoms with Crippen molar-refractivity contribution in [2.75, 3.05) is 13.2 Å². The second-order valence-electron chi connectivity index (χ2n) is 4.73. The van der Waals surface area contributed by atoms with Crippen molar-refractivity contribution in [2.45, 2.75) is 6.10 Å². The molecule has 2 rings (SSSR count). The average Bonchev–Trinajstić information content (AvgIpc) is 2.54. The van der Waals surface area contributed by atoms with Crippen LogP contribution in [0.1, 0.15) is 10.4 Å². The molecule has 0 saturated heterocycles. The Labute approximate surface area is 157 Å². The molecular formula is C16H14Cl2INO3. The Morgan fingerprint density at radius 2 is 1.91 bits per heavy atom. The minimum Gasteiger partial charge on any atom is -0.489 e. The molecule has 23 heavy (non-hydrogen) atoms. The van der Waals surface area contributed by atoms with E-state index in [0.717, 1.165) is 3.57 Å². The van der Waals surface area contributed by atoms with Crippen molar-refractivity contribution in [1.82, 2.24) is 5.32 Å². The van der Waals surface area contributed by atoms with Gasteiger partial charge < -0.3 is 15.2 Å². The normalized spacial score (nSPS) is 11.8. The summed E-state index contributed by atoms with van der Waals surface area (Å²) in [5.41, 5.74) is 0.538. The highest BCUT2D eigenvalue weighted by atomic mass is 127. The Morgan fingerprint density at radius 3 is 2.61 bits per heavy atom. The molecule has 0 bridgehead atoms. The van der Waals surface area contributed by atoms with Gasteiger partial charge in [-0.3, -0.25) is 4.79 Å². The van der Waals surface area contributed by atoms with E-state index in [-0.39, 0.29) is 19.1 Å². The number of rotatable bonds is 6. The summed E-state index contributed by atoms with van der Waals surface area (Å²) >= 11 is 14.0. The minimum absolute atomic E-state index is 0.00691. The Morgan fingerprint density at radius 1 is 1.22 bits per heavy atom. The summed E-state index contributed by atoms with van der Waals surface area (Å²) in [7, 11) is 0. The molecule has 0 aromatic heterocycles. The van der Waals surface area contributed by atoms with Crippen molar-refractivity contribution in [3.8, 4) is 5.75 Å². The van der Waals surface area contributed by atoms with Gasteiger partial charge in [0.05, 0.1) is 5.02 Å². The SMILES string of the molecule is O=C(NCC(O)COc1cccc(Cl)c1Cl)c1ccc(I)cc1. The van der Waals surface area contributed by atoms with Gasteiger partial charge >= 0.3 is 0 Å². The fourth-order valence-electron chi connectivity index (χ4n) is 1.75. The number of aliphatic hydroxyl groups excluding tert-OH is 1. The molecule has 0 aliphatic rings. The summed E-state index contributed by atoms with van der Waals surface area (Å²) in [6, 6.07) is 12.2. The highest BCUT2D eigenvalue weighted by Gasteiger charge is 2.11. The predicted octanol–water partition coefficient (Wildman–Crippen LogP) is 3.77. The van der Waals surface area contributed by atoms with Crippen LogP contribution in [0.25, 0.3) is 0 Å². The molecule has 122 valence electrons. The lowest BCUT2D eigenvalue weighted by Crippen LogP contribution is -2.35. The first-order valence-corrected chi connectivity index (χ1v) is 8.59. The second-order valence-corrected chi connectivity index (χ2v) is 6.76. The first kappa shape index (κ1) is 18.3. The third kappa shape index (κ3) is 5.53. The lowest BCUT2D eigenvalue weighted by atomic mass is 10.2. The topological polar surface area (TPSA) is 58.6 Å². The summed E-state index contributed by atoms with van der Waals surface area (Å²) in [5.74, 6) is 0.142. The lowest BCUT2D eigenvalue weighted by molar-refractivity contribution is 0.0844. The standard InChI is InChI=1S/C16H14Cl2INO3/c17-13-2-1-3-14(15(13)18)23-9-12(21)8-20-16(22)10-4-6-11(19)7-5-10/h1-7,12,21H,8-9H2,(H,20,22). The summed E-state index contributed by atoms with van der Waals surface area (Å²) in [6.07, 6.45) is -0.863. The number of benzene rings is 2. The van der Waals surface area contributed by atoms with Gasteiger partial charge in [0.2, 0.25) is 0 Å². The zero-order valence-corrected chi connectivity index (χ0v) is 15.6. The van der Waals surface area contributed by atoms with Crippen molar-refractivity contribution >= 4 is 51.7 Å². The first-order chi connectivity index (χ1) is 11.0. The van der Waals surface area contributed by atoms with Crippen molar-refractivity contribution in [2.24, 2.45) is 0 Å². The number of carbonyl (C=O) groups is 1. The van der Waals surface area contributed by atoms with Crippen molar-refractivity contribution in [3.63, 3.8) is 0 Å². The molecule has 2 aromatic carbocycles. The third-order valence-electron chi connectivity index (χ3n) is 2.95. The van der Waals surface area contributed by atoms with Gasteiger partial charge in [0.25, 0.3) is 5.91 Å². The van der Waals surface area contributed by atoms with E-state index in [9.17, 15) is 9.90 Å². The number of ether oxygens (including phenoxy) is 1. The van der Waals surface area contributed by atoms with Gasteiger partial charge in [0.15, 0.2) is 0 Å². The Kier molecular flexibility index (Phi) is 6.95.